The van der Waals surface area contributed by atoms with Crippen LogP contribution in [0.25, 0.3) is 152 Å². The highest BCUT2D eigenvalue weighted by molar-refractivity contribution is 7.26. The van der Waals surface area contributed by atoms with Gasteiger partial charge in [-0.1, -0.05) is 148 Å². The van der Waals surface area contributed by atoms with Crippen LogP contribution in [-0.2, 0) is 5.41 Å². The molecule has 0 saturated carbocycles. The molecule has 0 N–H and O–H groups in total. The predicted molar refractivity (Wildman–Crippen MR) is 306 cm³/mol. The molecule has 0 amide bonds. The van der Waals surface area contributed by atoms with Crippen LogP contribution in [0, 0.1) is 0 Å². The summed E-state index contributed by atoms with van der Waals surface area (Å²) in [6.45, 7) is 6.79. The first-order valence-corrected chi connectivity index (χ1v) is 25.6. The topological polar surface area (TPSA) is 65.0 Å². The molecule has 0 aliphatic carbocycles. The van der Waals surface area contributed by atoms with Crippen molar-refractivity contribution in [1.29, 1.82) is 0 Å². The van der Waals surface area contributed by atoms with Crippen LogP contribution in [0.15, 0.2) is 215 Å². The highest BCUT2D eigenvalue weighted by Gasteiger charge is 2.20. The van der Waals surface area contributed by atoms with Gasteiger partial charge in [0.1, 0.15) is 16.7 Å². The lowest BCUT2D eigenvalue weighted by molar-refractivity contribution is 0.590. The van der Waals surface area contributed by atoms with Gasteiger partial charge < -0.3 is 8.83 Å². The Balaban J connectivity index is 0.897. The van der Waals surface area contributed by atoms with Crippen molar-refractivity contribution in [1.82, 2.24) is 15.0 Å². The van der Waals surface area contributed by atoms with E-state index in [4.69, 9.17) is 18.8 Å². The lowest BCUT2D eigenvalue weighted by Crippen LogP contribution is -2.10. The molecule has 73 heavy (non-hydrogen) atoms. The van der Waals surface area contributed by atoms with E-state index in [2.05, 4.69) is 202 Å². The second-order valence-electron chi connectivity index (χ2n) is 20.4. The normalized spacial score (nSPS) is 12.3. The maximum atomic E-state index is 6.77. The average Bonchev–Trinajstić information content (AvgIpc) is 4.13. The Morgan fingerprint density at radius 1 is 0.397 bits per heavy atom. The molecular weight excluding hydrogens is 911 g/mol. The summed E-state index contributed by atoms with van der Waals surface area (Å²) in [4.78, 5) is 14.6. The van der Waals surface area contributed by atoms with E-state index in [1.807, 2.05) is 42.1 Å². The average molecular weight is 954 g/mol. The van der Waals surface area contributed by atoms with E-state index in [9.17, 15) is 0 Å². The van der Waals surface area contributed by atoms with E-state index in [0.29, 0.717) is 11.5 Å². The number of pyridine rings is 1. The molecule has 0 unspecified atom stereocenters. The number of furan rings is 2. The molecule has 344 valence electrons. The van der Waals surface area contributed by atoms with Crippen molar-refractivity contribution in [2.24, 2.45) is 0 Å². The number of thiophene rings is 1. The number of rotatable bonds is 5. The standard InChI is InChI=1S/C67H43N3O2S/c1-67(2,3)45-22-18-38(19-23-45)47-15-9-17-55-53-25-21-41(34-62(53)73-64(47)55)43-30-42(40-20-24-52-54-16-8-14-46(39-26-28-68-29-27-39)63(54)71-60(52)33-40)31-44(32-43)65-69-37-59-58-35-56-50-12-6-4-10-48(50)49-11-5-7-13-51(49)57(56)36-61(58)72-66(59)70-65/h4-37H,1-3H3. The van der Waals surface area contributed by atoms with Crippen molar-refractivity contribution >= 4 is 108 Å². The van der Waals surface area contributed by atoms with Crippen LogP contribution < -0.4 is 0 Å². The van der Waals surface area contributed by atoms with Crippen molar-refractivity contribution in [2.75, 3.05) is 0 Å². The number of hydrogen-bond donors (Lipinski definition) is 0. The smallest absolute Gasteiger partial charge is 0.230 e. The van der Waals surface area contributed by atoms with Crippen molar-refractivity contribution in [3.05, 3.63) is 212 Å². The molecule has 0 radical (unpaired) electrons. The van der Waals surface area contributed by atoms with Crippen LogP contribution >= 0.6 is 11.3 Å². The monoisotopic (exact) mass is 953 g/mol. The minimum atomic E-state index is 0.0920. The third-order valence-corrected chi connectivity index (χ3v) is 16.2. The number of hydrogen-bond acceptors (Lipinski definition) is 6. The number of nitrogens with zero attached hydrogens (tertiary/aromatic N) is 3. The van der Waals surface area contributed by atoms with Crippen LogP contribution in [0.1, 0.15) is 26.3 Å². The second-order valence-corrected chi connectivity index (χ2v) is 21.4. The van der Waals surface area contributed by atoms with Gasteiger partial charge in [-0.15, -0.1) is 11.3 Å². The SMILES string of the molecule is CC(C)(C)c1ccc(-c2cccc3c2sc2cc(-c4cc(-c5ccc6c(c5)oc5c(-c7ccncc7)cccc56)cc(-c5ncc6c(n5)oc5cc7c8ccccc8c8ccccc8c7cc56)c4)ccc23)cc1. The van der Waals surface area contributed by atoms with Crippen molar-refractivity contribution in [2.45, 2.75) is 26.2 Å². The van der Waals surface area contributed by atoms with E-state index in [0.717, 1.165) is 82.6 Å². The van der Waals surface area contributed by atoms with Crippen LogP contribution in [0.5, 0.6) is 0 Å². The number of fused-ring (bicyclic) bond motifs is 15. The van der Waals surface area contributed by atoms with Gasteiger partial charge in [0, 0.05) is 66.0 Å². The van der Waals surface area contributed by atoms with E-state index in [1.165, 1.54) is 63.8 Å². The molecule has 0 bridgehead atoms. The summed E-state index contributed by atoms with van der Waals surface area (Å²) < 4.78 is 16.0. The number of para-hydroxylation sites is 1. The molecule has 0 fully saturated rings. The molecule has 6 heteroatoms. The van der Waals surface area contributed by atoms with Crippen molar-refractivity contribution in [3.63, 3.8) is 0 Å². The summed E-state index contributed by atoms with van der Waals surface area (Å²) in [5.41, 5.74) is 14.2. The molecule has 0 saturated heterocycles. The maximum absolute atomic E-state index is 6.77. The molecule has 0 spiro atoms. The Bertz CT molecular complexity index is 4770. The van der Waals surface area contributed by atoms with Gasteiger partial charge >= 0.3 is 0 Å². The fourth-order valence-electron chi connectivity index (χ4n) is 11.3. The molecule has 0 aliphatic rings. The lowest BCUT2D eigenvalue weighted by Gasteiger charge is -2.19. The summed E-state index contributed by atoms with van der Waals surface area (Å²) >= 11 is 1.86. The van der Waals surface area contributed by atoms with E-state index in [1.54, 1.807) is 0 Å². The van der Waals surface area contributed by atoms with Gasteiger partial charge in [0.15, 0.2) is 5.82 Å². The minimum Gasteiger partial charge on any atom is -0.455 e. The first-order chi connectivity index (χ1) is 35.8. The first kappa shape index (κ1) is 41.8. The van der Waals surface area contributed by atoms with Gasteiger partial charge in [-0.05, 0) is 143 Å². The Kier molecular flexibility index (Phi) is 9.02. The molecular formula is C67H43N3O2S. The van der Waals surface area contributed by atoms with Gasteiger partial charge in [0.2, 0.25) is 5.71 Å². The zero-order chi connectivity index (χ0) is 48.5. The van der Waals surface area contributed by atoms with Crippen LogP contribution in [0.3, 0.4) is 0 Å². The predicted octanol–water partition coefficient (Wildman–Crippen LogP) is 19.1. The Hall–Kier alpha value is -8.97. The zero-order valence-corrected chi connectivity index (χ0v) is 41.0. The summed E-state index contributed by atoms with van der Waals surface area (Å²) in [6, 6.07) is 68.1. The Labute approximate surface area is 423 Å². The highest BCUT2D eigenvalue weighted by Crippen LogP contribution is 2.45. The lowest BCUT2D eigenvalue weighted by atomic mass is 9.86. The summed E-state index contributed by atoms with van der Waals surface area (Å²) in [6.07, 6.45) is 5.58. The van der Waals surface area contributed by atoms with Crippen molar-refractivity contribution < 1.29 is 8.83 Å². The molecule has 10 aromatic carbocycles. The van der Waals surface area contributed by atoms with E-state index >= 15 is 0 Å². The summed E-state index contributed by atoms with van der Waals surface area (Å²) in [7, 11) is 0. The van der Waals surface area contributed by atoms with Gasteiger partial charge in [-0.3, -0.25) is 4.98 Å². The first-order valence-electron chi connectivity index (χ1n) is 24.8. The molecule has 5 nitrogen and oxygen atoms in total. The third kappa shape index (κ3) is 6.64. The Morgan fingerprint density at radius 3 is 1.71 bits per heavy atom. The highest BCUT2D eigenvalue weighted by atomic mass is 32.1. The third-order valence-electron chi connectivity index (χ3n) is 15.0. The maximum Gasteiger partial charge on any atom is 0.230 e. The van der Waals surface area contributed by atoms with Gasteiger partial charge in [-0.25, -0.2) is 4.98 Å². The molecule has 15 rings (SSSR count). The molecule has 0 atom stereocenters. The minimum absolute atomic E-state index is 0.0920. The molecule has 5 aromatic heterocycles. The summed E-state index contributed by atoms with van der Waals surface area (Å²) in [5, 5.41) is 13.8. The number of benzene rings is 10. The molecule has 5 heterocycles. The van der Waals surface area contributed by atoms with E-state index < -0.39 is 0 Å². The van der Waals surface area contributed by atoms with Crippen molar-refractivity contribution in [3.8, 4) is 55.9 Å². The zero-order valence-electron chi connectivity index (χ0n) is 40.2. The fourth-order valence-corrected chi connectivity index (χ4v) is 12.6. The van der Waals surface area contributed by atoms with E-state index in [-0.39, 0.29) is 5.41 Å². The Morgan fingerprint density at radius 2 is 0.986 bits per heavy atom. The molecule has 0 aliphatic heterocycles. The molecule has 15 aromatic rings. The number of aromatic nitrogens is 3. The fraction of sp³-hybridized carbons (Fsp3) is 0.0597. The second kappa shape index (κ2) is 15.8. The van der Waals surface area contributed by atoms with Crippen LogP contribution in [0.2, 0.25) is 0 Å². The van der Waals surface area contributed by atoms with Gasteiger partial charge in [0.25, 0.3) is 0 Å². The van der Waals surface area contributed by atoms with Crippen LogP contribution in [0.4, 0.5) is 0 Å². The van der Waals surface area contributed by atoms with Gasteiger partial charge in [0.05, 0.1) is 5.39 Å². The van der Waals surface area contributed by atoms with Gasteiger partial charge in [-0.2, -0.15) is 4.98 Å². The van der Waals surface area contributed by atoms with Crippen LogP contribution in [-0.4, -0.2) is 15.0 Å². The quantitative estimate of drug-likeness (QED) is 0.161. The summed E-state index contributed by atoms with van der Waals surface area (Å²) in [5.74, 6) is 0.590. The largest absolute Gasteiger partial charge is 0.455 e.